The summed E-state index contributed by atoms with van der Waals surface area (Å²) in [4.78, 5) is 11.8. The molecule has 0 aromatic heterocycles. The van der Waals surface area contributed by atoms with Crippen molar-refractivity contribution in [2.75, 3.05) is 6.61 Å². The number of hydrogen-bond acceptors (Lipinski definition) is 2. The Balaban J connectivity index is 2.56. The molecule has 1 aromatic rings. The zero-order valence-corrected chi connectivity index (χ0v) is 9.81. The summed E-state index contributed by atoms with van der Waals surface area (Å²) in [5, 5.41) is 12.0. The molecule has 1 atom stereocenters. The average Bonchev–Trinajstić information content (AvgIpc) is 2.28. The molecule has 0 fully saturated rings. The minimum atomic E-state index is -0.160. The van der Waals surface area contributed by atoms with Gasteiger partial charge in [0, 0.05) is 5.56 Å². The van der Waals surface area contributed by atoms with Crippen LogP contribution in [0, 0.1) is 5.92 Å². The van der Waals surface area contributed by atoms with Crippen LogP contribution in [-0.2, 0) is 0 Å². The summed E-state index contributed by atoms with van der Waals surface area (Å²) in [6.45, 7) is 4.12. The topological polar surface area (TPSA) is 49.3 Å². The van der Waals surface area contributed by atoms with Crippen molar-refractivity contribution in [1.82, 2.24) is 5.32 Å². The van der Waals surface area contributed by atoms with Crippen LogP contribution in [0.15, 0.2) is 30.3 Å². The van der Waals surface area contributed by atoms with Crippen LogP contribution >= 0.6 is 0 Å². The van der Waals surface area contributed by atoms with Gasteiger partial charge >= 0.3 is 0 Å². The quantitative estimate of drug-likeness (QED) is 0.797. The number of carbonyl (C=O) groups excluding carboxylic acids is 1. The highest BCUT2D eigenvalue weighted by Gasteiger charge is 2.13. The second-order valence-corrected chi connectivity index (χ2v) is 4.35. The van der Waals surface area contributed by atoms with Crippen LogP contribution in [0.2, 0.25) is 0 Å². The van der Waals surface area contributed by atoms with E-state index in [2.05, 4.69) is 19.2 Å². The lowest BCUT2D eigenvalue weighted by Gasteiger charge is -2.18. The van der Waals surface area contributed by atoms with E-state index in [1.54, 1.807) is 12.1 Å². The van der Waals surface area contributed by atoms with Crippen molar-refractivity contribution >= 4 is 5.91 Å². The fourth-order valence-electron chi connectivity index (χ4n) is 1.61. The molecule has 0 radical (unpaired) electrons. The van der Waals surface area contributed by atoms with E-state index < -0.39 is 0 Å². The smallest absolute Gasteiger partial charge is 0.251 e. The van der Waals surface area contributed by atoms with Crippen LogP contribution in [0.3, 0.4) is 0 Å². The first-order chi connectivity index (χ1) is 7.63. The third-order valence-corrected chi connectivity index (χ3v) is 2.35. The van der Waals surface area contributed by atoms with Crippen molar-refractivity contribution in [3.8, 4) is 0 Å². The third-order valence-electron chi connectivity index (χ3n) is 2.35. The summed E-state index contributed by atoms with van der Waals surface area (Å²) in [5.74, 6) is 0.327. The average molecular weight is 221 g/mol. The van der Waals surface area contributed by atoms with Gasteiger partial charge in [-0.1, -0.05) is 32.0 Å². The number of aliphatic hydroxyl groups is 1. The normalized spacial score (nSPS) is 12.5. The molecule has 3 nitrogen and oxygen atoms in total. The summed E-state index contributed by atoms with van der Waals surface area (Å²) < 4.78 is 0. The molecule has 16 heavy (non-hydrogen) atoms. The molecule has 1 rings (SSSR count). The number of aliphatic hydroxyl groups excluding tert-OH is 1. The lowest BCUT2D eigenvalue weighted by atomic mass is 10.0. The number of hydrogen-bond donors (Lipinski definition) is 2. The summed E-state index contributed by atoms with van der Waals surface area (Å²) in [5.41, 5.74) is 0.629. The Morgan fingerprint density at radius 3 is 2.44 bits per heavy atom. The molecule has 0 aliphatic carbocycles. The Morgan fingerprint density at radius 2 is 1.94 bits per heavy atom. The maximum Gasteiger partial charge on any atom is 0.251 e. The van der Waals surface area contributed by atoms with Gasteiger partial charge in [0.2, 0.25) is 0 Å². The SMILES string of the molecule is CC(C)CC(CO)NC(=O)c1ccccc1. The third kappa shape index (κ3) is 4.03. The van der Waals surface area contributed by atoms with Gasteiger partial charge in [-0.25, -0.2) is 0 Å². The zero-order chi connectivity index (χ0) is 12.0. The number of carbonyl (C=O) groups is 1. The van der Waals surface area contributed by atoms with E-state index in [9.17, 15) is 4.79 Å². The Bertz CT molecular complexity index is 322. The molecular weight excluding hydrogens is 202 g/mol. The Labute approximate surface area is 96.5 Å². The fourth-order valence-corrected chi connectivity index (χ4v) is 1.61. The van der Waals surface area contributed by atoms with Gasteiger partial charge in [-0.3, -0.25) is 4.79 Å². The molecule has 0 heterocycles. The monoisotopic (exact) mass is 221 g/mol. The standard InChI is InChI=1S/C13H19NO2/c1-10(2)8-12(9-15)14-13(16)11-6-4-3-5-7-11/h3-7,10,12,15H,8-9H2,1-2H3,(H,14,16). The van der Waals surface area contributed by atoms with E-state index in [0.29, 0.717) is 11.5 Å². The van der Waals surface area contributed by atoms with Gasteiger partial charge in [0.05, 0.1) is 12.6 Å². The first kappa shape index (κ1) is 12.7. The van der Waals surface area contributed by atoms with Gasteiger partial charge in [-0.05, 0) is 24.5 Å². The van der Waals surface area contributed by atoms with Gasteiger partial charge in [0.1, 0.15) is 0 Å². The molecule has 0 aliphatic rings. The highest BCUT2D eigenvalue weighted by atomic mass is 16.3. The van der Waals surface area contributed by atoms with Gasteiger partial charge < -0.3 is 10.4 Å². The Morgan fingerprint density at radius 1 is 1.31 bits per heavy atom. The first-order valence-electron chi connectivity index (χ1n) is 5.60. The second-order valence-electron chi connectivity index (χ2n) is 4.35. The van der Waals surface area contributed by atoms with Crippen LogP contribution in [0.5, 0.6) is 0 Å². The van der Waals surface area contributed by atoms with Crippen molar-refractivity contribution in [3.05, 3.63) is 35.9 Å². The Kier molecular flexibility index (Phi) is 4.99. The molecule has 1 unspecified atom stereocenters. The van der Waals surface area contributed by atoms with Crippen molar-refractivity contribution in [1.29, 1.82) is 0 Å². The van der Waals surface area contributed by atoms with Crippen LogP contribution in [0.4, 0.5) is 0 Å². The van der Waals surface area contributed by atoms with Crippen LogP contribution in [0.1, 0.15) is 30.6 Å². The van der Waals surface area contributed by atoms with Crippen molar-refractivity contribution in [2.24, 2.45) is 5.92 Å². The van der Waals surface area contributed by atoms with E-state index in [1.165, 1.54) is 0 Å². The summed E-state index contributed by atoms with van der Waals surface area (Å²) in [6, 6.07) is 8.89. The van der Waals surface area contributed by atoms with Gasteiger partial charge in [0.25, 0.3) is 5.91 Å². The minimum absolute atomic E-state index is 0.0171. The first-order valence-corrected chi connectivity index (χ1v) is 5.60. The highest BCUT2D eigenvalue weighted by Crippen LogP contribution is 2.06. The van der Waals surface area contributed by atoms with Crippen molar-refractivity contribution < 1.29 is 9.90 Å². The van der Waals surface area contributed by atoms with Gasteiger partial charge in [-0.15, -0.1) is 0 Å². The number of nitrogens with one attached hydrogen (secondary N) is 1. The molecule has 3 heteroatoms. The minimum Gasteiger partial charge on any atom is -0.394 e. The maximum atomic E-state index is 11.8. The molecule has 0 spiro atoms. The predicted octanol–water partition coefficient (Wildman–Crippen LogP) is 1.82. The molecular formula is C13H19NO2. The van der Waals surface area contributed by atoms with Crippen LogP contribution in [0.25, 0.3) is 0 Å². The van der Waals surface area contributed by atoms with E-state index >= 15 is 0 Å². The number of rotatable bonds is 5. The van der Waals surface area contributed by atoms with Crippen LogP contribution in [-0.4, -0.2) is 23.7 Å². The summed E-state index contributed by atoms with van der Waals surface area (Å²) in [6.07, 6.45) is 0.787. The van der Waals surface area contributed by atoms with Crippen molar-refractivity contribution in [2.45, 2.75) is 26.3 Å². The molecule has 1 aromatic carbocycles. The fraction of sp³-hybridized carbons (Fsp3) is 0.462. The largest absolute Gasteiger partial charge is 0.394 e. The number of amides is 1. The van der Waals surface area contributed by atoms with Gasteiger partial charge in [0.15, 0.2) is 0 Å². The van der Waals surface area contributed by atoms with Crippen LogP contribution < -0.4 is 5.32 Å². The van der Waals surface area contributed by atoms with E-state index in [4.69, 9.17) is 5.11 Å². The predicted molar refractivity (Wildman–Crippen MR) is 64.2 cm³/mol. The molecule has 2 N–H and O–H groups in total. The van der Waals surface area contributed by atoms with Gasteiger partial charge in [-0.2, -0.15) is 0 Å². The summed E-state index contributed by atoms with van der Waals surface area (Å²) >= 11 is 0. The lowest BCUT2D eigenvalue weighted by Crippen LogP contribution is -2.38. The molecule has 0 bridgehead atoms. The molecule has 0 aliphatic heterocycles. The van der Waals surface area contributed by atoms with E-state index in [0.717, 1.165) is 6.42 Å². The molecule has 88 valence electrons. The lowest BCUT2D eigenvalue weighted by molar-refractivity contribution is 0.0908. The molecule has 0 saturated carbocycles. The Hall–Kier alpha value is -1.35. The second kappa shape index (κ2) is 6.28. The molecule has 0 saturated heterocycles. The number of benzene rings is 1. The van der Waals surface area contributed by atoms with E-state index in [-0.39, 0.29) is 18.6 Å². The summed E-state index contributed by atoms with van der Waals surface area (Å²) in [7, 11) is 0. The molecule has 1 amide bonds. The zero-order valence-electron chi connectivity index (χ0n) is 9.81. The van der Waals surface area contributed by atoms with E-state index in [1.807, 2.05) is 18.2 Å². The maximum absolute atomic E-state index is 11.8. The highest BCUT2D eigenvalue weighted by molar-refractivity contribution is 5.94. The van der Waals surface area contributed by atoms with Crippen molar-refractivity contribution in [3.63, 3.8) is 0 Å².